The Morgan fingerprint density at radius 1 is 1.23 bits per heavy atom. The van der Waals surface area contributed by atoms with Crippen molar-refractivity contribution in [2.75, 3.05) is 32.6 Å². The third kappa shape index (κ3) is 6.18. The number of hydrogen-bond donors (Lipinski definition) is 3. The molecule has 0 heterocycles. The zero-order chi connectivity index (χ0) is 19.1. The maximum absolute atomic E-state index is 12.3. The van der Waals surface area contributed by atoms with Gasteiger partial charge in [0, 0.05) is 11.1 Å². The predicted octanol–water partition coefficient (Wildman–Crippen LogP) is 1.50. The van der Waals surface area contributed by atoms with Gasteiger partial charge >= 0.3 is 0 Å². The van der Waals surface area contributed by atoms with E-state index in [1.54, 1.807) is 18.2 Å². The molecule has 0 aliphatic heterocycles. The molecular formula is C19H29ClN3O3+. The lowest BCUT2D eigenvalue weighted by Gasteiger charge is -2.29. The highest BCUT2D eigenvalue weighted by Crippen LogP contribution is 2.27. The lowest BCUT2D eigenvalue weighted by molar-refractivity contribution is -0.862. The number of likely N-dealkylation sites (N-methyl/N-ethyl adjacent to an activating group) is 1. The summed E-state index contributed by atoms with van der Waals surface area (Å²) in [7, 11) is 3.37. The molecule has 3 atom stereocenters. The number of amides is 2. The fourth-order valence-corrected chi connectivity index (χ4v) is 3.54. The number of ether oxygens (including phenoxy) is 1. The molecule has 144 valence electrons. The molecule has 1 aromatic rings. The molecule has 7 heteroatoms. The van der Waals surface area contributed by atoms with E-state index in [2.05, 4.69) is 17.6 Å². The van der Waals surface area contributed by atoms with Crippen LogP contribution in [0.2, 0.25) is 5.02 Å². The molecule has 3 N–H and O–H groups in total. The van der Waals surface area contributed by atoms with Gasteiger partial charge in [-0.15, -0.1) is 0 Å². The lowest BCUT2D eigenvalue weighted by Crippen LogP contribution is -3.11. The minimum atomic E-state index is -0.193. The van der Waals surface area contributed by atoms with E-state index in [0.717, 1.165) is 17.7 Å². The Morgan fingerprint density at radius 3 is 2.62 bits per heavy atom. The summed E-state index contributed by atoms with van der Waals surface area (Å²) in [5.74, 6) is 0.868. The molecule has 2 rings (SSSR count). The Morgan fingerprint density at radius 2 is 1.92 bits per heavy atom. The van der Waals surface area contributed by atoms with E-state index in [1.807, 2.05) is 7.05 Å². The topological polar surface area (TPSA) is 71.9 Å². The Labute approximate surface area is 160 Å². The lowest BCUT2D eigenvalue weighted by atomic mass is 9.86. The minimum Gasteiger partial charge on any atom is -0.495 e. The summed E-state index contributed by atoms with van der Waals surface area (Å²) in [5, 5.41) is 6.43. The van der Waals surface area contributed by atoms with Gasteiger partial charge in [0.05, 0.1) is 19.8 Å². The molecule has 0 bridgehead atoms. The molecule has 0 spiro atoms. The van der Waals surface area contributed by atoms with Crippen LogP contribution < -0.4 is 20.3 Å². The van der Waals surface area contributed by atoms with Gasteiger partial charge in [0.1, 0.15) is 5.75 Å². The third-order valence-electron chi connectivity index (χ3n) is 4.82. The van der Waals surface area contributed by atoms with Crippen LogP contribution in [0.25, 0.3) is 0 Å². The first kappa shape index (κ1) is 20.5. The molecule has 1 saturated carbocycles. The zero-order valence-corrected chi connectivity index (χ0v) is 16.5. The molecule has 26 heavy (non-hydrogen) atoms. The van der Waals surface area contributed by atoms with Crippen molar-refractivity contribution in [2.45, 2.75) is 38.6 Å². The molecule has 2 amide bonds. The summed E-state index contributed by atoms with van der Waals surface area (Å²) in [5.41, 5.74) is 0.526. The van der Waals surface area contributed by atoms with Crippen molar-refractivity contribution in [2.24, 2.45) is 5.92 Å². The van der Waals surface area contributed by atoms with Gasteiger partial charge in [-0.3, -0.25) is 9.59 Å². The average Bonchev–Trinajstić information content (AvgIpc) is 2.56. The monoisotopic (exact) mass is 382 g/mol. The zero-order valence-electron chi connectivity index (χ0n) is 15.7. The standard InChI is InChI=1S/C19H28ClN3O3/c1-13-6-4-5-7-15(13)21-18(24)11-23(2)12-19(25)22-16-10-14(20)8-9-17(16)26-3/h8-10,13,15H,4-7,11-12H2,1-3H3,(H,21,24)(H,22,25)/p+1/t13-,15-/m1/s1. The maximum atomic E-state index is 12.3. The first-order valence-corrected chi connectivity index (χ1v) is 9.51. The van der Waals surface area contributed by atoms with E-state index >= 15 is 0 Å². The van der Waals surface area contributed by atoms with Crippen molar-refractivity contribution in [1.82, 2.24) is 5.32 Å². The van der Waals surface area contributed by atoms with Gasteiger partial charge in [0.25, 0.3) is 11.8 Å². The molecule has 1 aliphatic carbocycles. The number of rotatable bonds is 7. The third-order valence-corrected chi connectivity index (χ3v) is 5.05. The number of hydrogen-bond acceptors (Lipinski definition) is 3. The number of quaternary nitrogens is 1. The Kier molecular flexibility index (Phi) is 7.72. The second-order valence-corrected chi connectivity index (χ2v) is 7.58. The SMILES string of the molecule is COc1ccc(Cl)cc1NC(=O)C[NH+](C)CC(=O)N[C@@H]1CCCC[C@H]1C. The van der Waals surface area contributed by atoms with Gasteiger partial charge in [-0.1, -0.05) is 31.4 Å². The van der Waals surface area contributed by atoms with Crippen molar-refractivity contribution in [3.05, 3.63) is 23.2 Å². The van der Waals surface area contributed by atoms with E-state index in [-0.39, 0.29) is 30.9 Å². The number of benzene rings is 1. The van der Waals surface area contributed by atoms with Gasteiger partial charge in [-0.05, 0) is 37.0 Å². The van der Waals surface area contributed by atoms with Crippen LogP contribution in [0.3, 0.4) is 0 Å². The van der Waals surface area contributed by atoms with Crippen LogP contribution in [0.1, 0.15) is 32.6 Å². The van der Waals surface area contributed by atoms with Crippen molar-refractivity contribution in [1.29, 1.82) is 0 Å². The van der Waals surface area contributed by atoms with E-state index in [4.69, 9.17) is 16.3 Å². The second-order valence-electron chi connectivity index (χ2n) is 7.14. The van der Waals surface area contributed by atoms with Crippen LogP contribution >= 0.6 is 11.6 Å². The Hall–Kier alpha value is -1.79. The van der Waals surface area contributed by atoms with E-state index in [0.29, 0.717) is 22.4 Å². The first-order chi connectivity index (χ1) is 12.4. The van der Waals surface area contributed by atoms with Crippen LogP contribution in [0.4, 0.5) is 5.69 Å². The summed E-state index contributed by atoms with van der Waals surface area (Å²) in [6, 6.07) is 5.30. The number of nitrogens with one attached hydrogen (secondary N) is 3. The highest BCUT2D eigenvalue weighted by atomic mass is 35.5. The summed E-state index contributed by atoms with van der Waals surface area (Å²) >= 11 is 5.97. The molecule has 6 nitrogen and oxygen atoms in total. The maximum Gasteiger partial charge on any atom is 0.279 e. The predicted molar refractivity (Wildman–Crippen MR) is 103 cm³/mol. The van der Waals surface area contributed by atoms with Crippen molar-refractivity contribution in [3.63, 3.8) is 0 Å². The van der Waals surface area contributed by atoms with Crippen molar-refractivity contribution in [3.8, 4) is 5.75 Å². The molecule has 1 fully saturated rings. The highest BCUT2D eigenvalue weighted by molar-refractivity contribution is 6.31. The van der Waals surface area contributed by atoms with E-state index in [9.17, 15) is 9.59 Å². The molecule has 0 aromatic heterocycles. The van der Waals surface area contributed by atoms with Gasteiger partial charge in [0.2, 0.25) is 0 Å². The van der Waals surface area contributed by atoms with Crippen LogP contribution in [0, 0.1) is 5.92 Å². The number of anilines is 1. The van der Waals surface area contributed by atoms with Gasteiger partial charge in [-0.2, -0.15) is 0 Å². The molecule has 0 saturated heterocycles. The Balaban J connectivity index is 1.81. The summed E-state index contributed by atoms with van der Waals surface area (Å²) in [6.07, 6.45) is 4.62. The smallest absolute Gasteiger partial charge is 0.279 e. The van der Waals surface area contributed by atoms with Crippen LogP contribution in [-0.2, 0) is 9.59 Å². The minimum absolute atomic E-state index is 0.00520. The first-order valence-electron chi connectivity index (χ1n) is 9.13. The van der Waals surface area contributed by atoms with Gasteiger partial charge in [0.15, 0.2) is 13.1 Å². The van der Waals surface area contributed by atoms with Crippen molar-refractivity contribution < 1.29 is 19.2 Å². The van der Waals surface area contributed by atoms with Crippen LogP contribution in [-0.4, -0.2) is 45.1 Å². The van der Waals surface area contributed by atoms with Crippen molar-refractivity contribution >= 4 is 29.1 Å². The number of methoxy groups -OCH3 is 1. The molecule has 1 aliphatic rings. The normalized spacial score (nSPS) is 20.9. The number of halogens is 1. The van der Waals surface area contributed by atoms with Gasteiger partial charge < -0.3 is 20.3 Å². The van der Waals surface area contributed by atoms with Gasteiger partial charge in [-0.25, -0.2) is 0 Å². The van der Waals surface area contributed by atoms with Crippen LogP contribution in [0.15, 0.2) is 18.2 Å². The average molecular weight is 383 g/mol. The molecule has 0 radical (unpaired) electrons. The fourth-order valence-electron chi connectivity index (χ4n) is 3.37. The number of carbonyl (C=O) groups is 2. The van der Waals surface area contributed by atoms with Crippen LogP contribution in [0.5, 0.6) is 5.75 Å². The highest BCUT2D eigenvalue weighted by Gasteiger charge is 2.24. The fraction of sp³-hybridized carbons (Fsp3) is 0.579. The second kappa shape index (κ2) is 9.78. The summed E-state index contributed by atoms with van der Waals surface area (Å²) in [4.78, 5) is 25.3. The largest absolute Gasteiger partial charge is 0.495 e. The summed E-state index contributed by atoms with van der Waals surface area (Å²) < 4.78 is 5.22. The Bertz CT molecular complexity index is 638. The van der Waals surface area contributed by atoms with E-state index in [1.165, 1.54) is 20.0 Å². The molecule has 1 aromatic carbocycles. The van der Waals surface area contributed by atoms with E-state index < -0.39 is 0 Å². The molecule has 1 unspecified atom stereocenters. The number of carbonyl (C=O) groups excluding carboxylic acids is 2. The molecular weight excluding hydrogens is 354 g/mol. The summed E-state index contributed by atoms with van der Waals surface area (Å²) in [6.45, 7) is 2.64. The quantitative estimate of drug-likeness (QED) is 0.669.